The summed E-state index contributed by atoms with van der Waals surface area (Å²) in [7, 11) is -1.98. The number of nitrogens with one attached hydrogen (secondary N) is 1. The van der Waals surface area contributed by atoms with Crippen LogP contribution in [0.3, 0.4) is 0 Å². The Morgan fingerprint density at radius 2 is 1.79 bits per heavy atom. The maximum absolute atomic E-state index is 13.1. The van der Waals surface area contributed by atoms with Gasteiger partial charge in [-0.2, -0.15) is 4.31 Å². The lowest BCUT2D eigenvalue weighted by atomic mass is 9.96. The van der Waals surface area contributed by atoms with Crippen LogP contribution in [0.15, 0.2) is 53.4 Å². The molecule has 1 saturated carbocycles. The molecule has 1 fully saturated rings. The number of hydrogen-bond acceptors (Lipinski definition) is 3. The third kappa shape index (κ3) is 4.45. The third-order valence-electron chi connectivity index (χ3n) is 5.51. The second-order valence-electron chi connectivity index (χ2n) is 7.31. The van der Waals surface area contributed by atoms with Gasteiger partial charge in [-0.1, -0.05) is 50.5 Å². The summed E-state index contributed by atoms with van der Waals surface area (Å²) in [5.74, 6) is -0.307. The topological polar surface area (TPSA) is 66.5 Å². The van der Waals surface area contributed by atoms with Crippen molar-refractivity contribution in [1.82, 2.24) is 4.31 Å². The van der Waals surface area contributed by atoms with Gasteiger partial charge in [0, 0.05) is 24.3 Å². The van der Waals surface area contributed by atoms with Crippen LogP contribution in [-0.4, -0.2) is 31.7 Å². The number of nitrogens with zero attached hydrogens (tertiary/aromatic N) is 1. The molecule has 0 radical (unpaired) electrons. The van der Waals surface area contributed by atoms with Gasteiger partial charge in [0.15, 0.2) is 0 Å². The number of carbonyl (C=O) groups excluding carboxylic acids is 1. The van der Waals surface area contributed by atoms with E-state index >= 15 is 0 Å². The van der Waals surface area contributed by atoms with Crippen molar-refractivity contribution in [1.29, 1.82) is 0 Å². The van der Waals surface area contributed by atoms with Crippen LogP contribution in [0.5, 0.6) is 0 Å². The number of benzene rings is 2. The van der Waals surface area contributed by atoms with Gasteiger partial charge in [-0.25, -0.2) is 8.42 Å². The van der Waals surface area contributed by atoms with Crippen molar-refractivity contribution in [3.63, 3.8) is 0 Å². The van der Waals surface area contributed by atoms with Crippen molar-refractivity contribution in [2.45, 2.75) is 56.4 Å². The lowest BCUT2D eigenvalue weighted by Crippen LogP contribution is -2.38. The number of amides is 1. The fourth-order valence-corrected chi connectivity index (χ4v) is 5.21. The summed E-state index contributed by atoms with van der Waals surface area (Å²) in [6.45, 7) is 2.03. The molecule has 150 valence electrons. The smallest absolute Gasteiger partial charge is 0.255 e. The van der Waals surface area contributed by atoms with Gasteiger partial charge < -0.3 is 5.32 Å². The number of hydrogen-bond donors (Lipinski definition) is 1. The van der Waals surface area contributed by atoms with Gasteiger partial charge in [0.25, 0.3) is 5.91 Å². The highest BCUT2D eigenvalue weighted by molar-refractivity contribution is 7.89. The van der Waals surface area contributed by atoms with E-state index in [0.717, 1.165) is 43.4 Å². The number of para-hydroxylation sites is 1. The normalized spacial score (nSPS) is 15.5. The first-order valence-corrected chi connectivity index (χ1v) is 11.3. The maximum Gasteiger partial charge on any atom is 0.255 e. The van der Waals surface area contributed by atoms with E-state index < -0.39 is 10.0 Å². The quantitative estimate of drug-likeness (QED) is 0.779. The second-order valence-corrected chi connectivity index (χ2v) is 9.30. The zero-order valence-corrected chi connectivity index (χ0v) is 17.3. The van der Waals surface area contributed by atoms with Crippen LogP contribution < -0.4 is 5.32 Å². The second kappa shape index (κ2) is 8.88. The molecular formula is C22H28N2O3S. The van der Waals surface area contributed by atoms with Gasteiger partial charge in [-0.05, 0) is 49.1 Å². The Morgan fingerprint density at radius 1 is 1.07 bits per heavy atom. The predicted molar refractivity (Wildman–Crippen MR) is 112 cm³/mol. The van der Waals surface area contributed by atoms with Gasteiger partial charge in [-0.15, -0.1) is 0 Å². The summed E-state index contributed by atoms with van der Waals surface area (Å²) >= 11 is 0. The zero-order chi connectivity index (χ0) is 20.1. The highest BCUT2D eigenvalue weighted by atomic mass is 32.2. The van der Waals surface area contributed by atoms with E-state index in [1.165, 1.54) is 16.8 Å². The molecule has 0 aromatic heterocycles. The first kappa shape index (κ1) is 20.6. The molecule has 2 aromatic rings. The molecule has 0 saturated heterocycles. The van der Waals surface area contributed by atoms with Crippen LogP contribution >= 0.6 is 0 Å². The van der Waals surface area contributed by atoms with Crippen molar-refractivity contribution >= 4 is 21.6 Å². The summed E-state index contributed by atoms with van der Waals surface area (Å²) < 4.78 is 27.6. The van der Waals surface area contributed by atoms with Crippen LogP contribution in [0.2, 0.25) is 0 Å². The Labute approximate surface area is 167 Å². The number of carbonyl (C=O) groups is 1. The molecule has 3 rings (SSSR count). The summed E-state index contributed by atoms with van der Waals surface area (Å²) in [5, 5.41) is 2.90. The average Bonchev–Trinajstić information content (AvgIpc) is 2.74. The lowest BCUT2D eigenvalue weighted by Gasteiger charge is -2.30. The van der Waals surface area contributed by atoms with E-state index in [0.29, 0.717) is 5.56 Å². The lowest BCUT2D eigenvalue weighted by molar-refractivity contribution is 0.102. The monoisotopic (exact) mass is 400 g/mol. The van der Waals surface area contributed by atoms with Gasteiger partial charge in [0.2, 0.25) is 10.0 Å². The number of anilines is 1. The molecule has 1 amide bonds. The van der Waals surface area contributed by atoms with E-state index in [2.05, 4.69) is 5.32 Å². The van der Waals surface area contributed by atoms with Crippen molar-refractivity contribution in [2.75, 3.05) is 12.4 Å². The molecular weight excluding hydrogens is 372 g/mol. The standard InChI is InChI=1S/C22H28N2O3S/c1-3-17-10-7-8-15-21(17)23-22(25)18-11-9-14-20(16-18)28(26,27)24(2)19-12-5-4-6-13-19/h7-11,14-16,19H,3-6,12-13H2,1-2H3,(H,23,25). The Balaban J connectivity index is 1.82. The number of sulfonamides is 1. The van der Waals surface area contributed by atoms with Gasteiger partial charge in [-0.3, -0.25) is 4.79 Å². The van der Waals surface area contributed by atoms with Crippen molar-refractivity contribution in [3.05, 3.63) is 59.7 Å². The molecule has 0 aliphatic heterocycles. The molecule has 0 atom stereocenters. The van der Waals surface area contributed by atoms with Gasteiger partial charge in [0.05, 0.1) is 4.90 Å². The van der Waals surface area contributed by atoms with Gasteiger partial charge >= 0.3 is 0 Å². The average molecular weight is 401 g/mol. The minimum atomic E-state index is -3.63. The molecule has 0 unspecified atom stereocenters. The summed E-state index contributed by atoms with van der Waals surface area (Å²) in [4.78, 5) is 12.9. The van der Waals surface area contributed by atoms with E-state index in [-0.39, 0.29) is 16.8 Å². The van der Waals surface area contributed by atoms with Crippen molar-refractivity contribution < 1.29 is 13.2 Å². The van der Waals surface area contributed by atoms with E-state index in [9.17, 15) is 13.2 Å². The molecule has 0 bridgehead atoms. The van der Waals surface area contributed by atoms with E-state index in [4.69, 9.17) is 0 Å². The minimum Gasteiger partial charge on any atom is -0.322 e. The first-order chi connectivity index (χ1) is 13.4. The van der Waals surface area contributed by atoms with Crippen molar-refractivity contribution in [2.24, 2.45) is 0 Å². The molecule has 1 aliphatic carbocycles. The fraction of sp³-hybridized carbons (Fsp3) is 0.409. The predicted octanol–water partition coefficient (Wildman–Crippen LogP) is 4.45. The highest BCUT2D eigenvalue weighted by Gasteiger charge is 2.29. The summed E-state index contributed by atoms with van der Waals surface area (Å²) in [5.41, 5.74) is 2.13. The molecule has 5 nitrogen and oxygen atoms in total. The maximum atomic E-state index is 13.1. The fourth-order valence-electron chi connectivity index (χ4n) is 3.75. The van der Waals surface area contributed by atoms with E-state index in [1.807, 2.05) is 31.2 Å². The van der Waals surface area contributed by atoms with Crippen LogP contribution in [-0.2, 0) is 16.4 Å². The van der Waals surface area contributed by atoms with Gasteiger partial charge in [0.1, 0.15) is 0 Å². The van der Waals surface area contributed by atoms with E-state index in [1.54, 1.807) is 25.2 Å². The largest absolute Gasteiger partial charge is 0.322 e. The first-order valence-electron chi connectivity index (χ1n) is 9.91. The Kier molecular flexibility index (Phi) is 6.52. The minimum absolute atomic E-state index is 0.0349. The van der Waals surface area contributed by atoms with Crippen LogP contribution in [0, 0.1) is 0 Å². The number of aryl methyl sites for hydroxylation is 1. The highest BCUT2D eigenvalue weighted by Crippen LogP contribution is 2.27. The molecule has 0 spiro atoms. The molecule has 6 heteroatoms. The SMILES string of the molecule is CCc1ccccc1NC(=O)c1cccc(S(=O)(=O)N(C)C2CCCCC2)c1. The van der Waals surface area contributed by atoms with Crippen molar-refractivity contribution in [3.8, 4) is 0 Å². The molecule has 2 aromatic carbocycles. The Hall–Kier alpha value is -2.18. The van der Waals surface area contributed by atoms with Crippen LogP contribution in [0.25, 0.3) is 0 Å². The molecule has 1 N–H and O–H groups in total. The van der Waals surface area contributed by atoms with Crippen LogP contribution in [0.4, 0.5) is 5.69 Å². The molecule has 1 aliphatic rings. The number of rotatable bonds is 6. The zero-order valence-electron chi connectivity index (χ0n) is 16.5. The summed E-state index contributed by atoms with van der Waals surface area (Å²) in [6.07, 6.45) is 5.87. The van der Waals surface area contributed by atoms with Crippen LogP contribution in [0.1, 0.15) is 54.9 Å². The Bertz CT molecular complexity index is 934. The third-order valence-corrected chi connectivity index (χ3v) is 7.41. The molecule has 28 heavy (non-hydrogen) atoms. The summed E-state index contributed by atoms with van der Waals surface area (Å²) in [6, 6.07) is 14.0. The molecule has 0 heterocycles. The Morgan fingerprint density at radius 3 is 2.50 bits per heavy atom.